The minimum atomic E-state index is 0.190. The van der Waals surface area contributed by atoms with Crippen molar-refractivity contribution in [1.29, 1.82) is 0 Å². The molecule has 104 valence electrons. The Morgan fingerprint density at radius 2 is 2.10 bits per heavy atom. The summed E-state index contributed by atoms with van der Waals surface area (Å²) in [7, 11) is 0. The molecule has 0 saturated carbocycles. The molecule has 0 atom stereocenters. The van der Waals surface area contributed by atoms with E-state index in [1.54, 1.807) is 11.3 Å². The number of hydrogen-bond donors (Lipinski definition) is 1. The molecule has 2 aromatic carbocycles. The number of rotatable bonds is 3. The number of ketones is 1. The van der Waals surface area contributed by atoms with Gasteiger partial charge in [-0.2, -0.15) is 0 Å². The first kappa shape index (κ1) is 12.6. The van der Waals surface area contributed by atoms with Crippen LogP contribution in [0.2, 0.25) is 0 Å². The topological polar surface area (TPSA) is 29.1 Å². The normalized spacial score (nSPS) is 13.1. The maximum Gasteiger partial charge on any atom is 0.167 e. The molecule has 1 aromatic heterocycles. The number of thiophene rings is 1. The SMILES string of the molecule is O=C(Cc1csc2ccccc12)c1ccc2c(c1)NCC2. The van der Waals surface area contributed by atoms with Gasteiger partial charge in [-0.15, -0.1) is 11.3 Å². The average molecular weight is 293 g/mol. The predicted molar refractivity (Wildman–Crippen MR) is 88.5 cm³/mol. The van der Waals surface area contributed by atoms with Crippen molar-refractivity contribution in [3.05, 3.63) is 64.5 Å². The summed E-state index contributed by atoms with van der Waals surface area (Å²) in [5.74, 6) is 0.190. The number of carbonyl (C=O) groups excluding carboxylic acids is 1. The lowest BCUT2D eigenvalue weighted by Gasteiger charge is -2.04. The van der Waals surface area contributed by atoms with Gasteiger partial charge in [0.1, 0.15) is 0 Å². The zero-order valence-electron chi connectivity index (χ0n) is 11.6. The number of hydrogen-bond acceptors (Lipinski definition) is 3. The third-order valence-electron chi connectivity index (χ3n) is 4.05. The van der Waals surface area contributed by atoms with Crippen LogP contribution in [-0.4, -0.2) is 12.3 Å². The number of fused-ring (bicyclic) bond motifs is 2. The molecular formula is C18H15NOS. The van der Waals surface area contributed by atoms with Crippen LogP contribution in [0.1, 0.15) is 21.5 Å². The van der Waals surface area contributed by atoms with Crippen LogP contribution in [0.15, 0.2) is 47.8 Å². The Morgan fingerprint density at radius 1 is 1.19 bits per heavy atom. The van der Waals surface area contributed by atoms with E-state index in [0.717, 1.165) is 29.8 Å². The van der Waals surface area contributed by atoms with Crippen LogP contribution >= 0.6 is 11.3 Å². The summed E-state index contributed by atoms with van der Waals surface area (Å²) in [6.45, 7) is 0.974. The van der Waals surface area contributed by atoms with E-state index in [2.05, 4.69) is 28.9 Å². The molecule has 4 rings (SSSR count). The fourth-order valence-corrected chi connectivity index (χ4v) is 3.87. The summed E-state index contributed by atoms with van der Waals surface area (Å²) in [4.78, 5) is 12.5. The van der Waals surface area contributed by atoms with E-state index < -0.39 is 0 Å². The van der Waals surface area contributed by atoms with Gasteiger partial charge < -0.3 is 5.32 Å². The van der Waals surface area contributed by atoms with Crippen molar-refractivity contribution in [1.82, 2.24) is 0 Å². The molecule has 0 fully saturated rings. The summed E-state index contributed by atoms with van der Waals surface area (Å²) in [6, 6.07) is 14.3. The summed E-state index contributed by atoms with van der Waals surface area (Å²) in [5.41, 5.74) is 4.37. The highest BCUT2D eigenvalue weighted by Crippen LogP contribution is 2.28. The number of anilines is 1. The lowest BCUT2D eigenvalue weighted by Crippen LogP contribution is -2.03. The van der Waals surface area contributed by atoms with E-state index >= 15 is 0 Å². The highest BCUT2D eigenvalue weighted by Gasteiger charge is 2.15. The van der Waals surface area contributed by atoms with E-state index in [1.807, 2.05) is 24.3 Å². The maximum absolute atomic E-state index is 12.5. The third-order valence-corrected chi connectivity index (χ3v) is 5.07. The molecule has 21 heavy (non-hydrogen) atoms. The third kappa shape index (κ3) is 2.24. The van der Waals surface area contributed by atoms with Crippen molar-refractivity contribution in [2.45, 2.75) is 12.8 Å². The Morgan fingerprint density at radius 3 is 3.05 bits per heavy atom. The highest BCUT2D eigenvalue weighted by molar-refractivity contribution is 7.17. The zero-order chi connectivity index (χ0) is 14.2. The second-order valence-corrected chi connectivity index (χ2v) is 6.32. The van der Waals surface area contributed by atoms with Gasteiger partial charge in [0.15, 0.2) is 5.78 Å². The first-order chi connectivity index (χ1) is 10.3. The van der Waals surface area contributed by atoms with E-state index in [1.165, 1.54) is 15.6 Å². The first-order valence-corrected chi connectivity index (χ1v) is 8.04. The van der Waals surface area contributed by atoms with Gasteiger partial charge in [-0.05, 0) is 40.4 Å². The van der Waals surface area contributed by atoms with Crippen LogP contribution in [0.4, 0.5) is 5.69 Å². The van der Waals surface area contributed by atoms with Gasteiger partial charge in [0.05, 0.1) is 0 Å². The molecule has 3 heteroatoms. The lowest BCUT2D eigenvalue weighted by molar-refractivity contribution is 0.0993. The Labute approximate surface area is 127 Å². The van der Waals surface area contributed by atoms with Crippen LogP contribution < -0.4 is 5.32 Å². The van der Waals surface area contributed by atoms with Crippen LogP contribution in [0.3, 0.4) is 0 Å². The van der Waals surface area contributed by atoms with Gasteiger partial charge in [-0.1, -0.05) is 30.3 Å². The van der Waals surface area contributed by atoms with Gasteiger partial charge in [-0.25, -0.2) is 0 Å². The number of Topliss-reactive ketones (excluding diaryl/α,β-unsaturated/α-hetero) is 1. The molecule has 2 heterocycles. The van der Waals surface area contributed by atoms with Crippen LogP contribution in [0.5, 0.6) is 0 Å². The van der Waals surface area contributed by atoms with Gasteiger partial charge in [-0.3, -0.25) is 4.79 Å². The second kappa shape index (κ2) is 5.01. The van der Waals surface area contributed by atoms with Crippen LogP contribution in [0, 0.1) is 0 Å². The van der Waals surface area contributed by atoms with E-state index in [9.17, 15) is 4.79 Å². The molecule has 3 aromatic rings. The molecule has 0 spiro atoms. The Kier molecular flexibility index (Phi) is 3.00. The monoisotopic (exact) mass is 293 g/mol. The van der Waals surface area contributed by atoms with Crippen molar-refractivity contribution < 1.29 is 4.79 Å². The summed E-state index contributed by atoms with van der Waals surface area (Å²) < 4.78 is 1.25. The fraction of sp³-hybridized carbons (Fsp3) is 0.167. The molecule has 1 N–H and O–H groups in total. The zero-order valence-corrected chi connectivity index (χ0v) is 12.4. The molecule has 2 nitrogen and oxygen atoms in total. The van der Waals surface area contributed by atoms with Crippen molar-refractivity contribution >= 4 is 32.9 Å². The van der Waals surface area contributed by atoms with E-state index in [-0.39, 0.29) is 5.78 Å². The Hall–Kier alpha value is -2.13. The standard InChI is InChI=1S/C18H15NOS/c20-17(13-6-5-12-7-8-19-16(12)9-13)10-14-11-21-18-4-2-1-3-15(14)18/h1-6,9,11,19H,7-8,10H2. The van der Waals surface area contributed by atoms with Crippen LogP contribution in [-0.2, 0) is 12.8 Å². The summed E-state index contributed by atoms with van der Waals surface area (Å²) >= 11 is 1.71. The minimum Gasteiger partial charge on any atom is -0.384 e. The van der Waals surface area contributed by atoms with Crippen molar-refractivity contribution in [2.75, 3.05) is 11.9 Å². The highest BCUT2D eigenvalue weighted by atomic mass is 32.1. The summed E-state index contributed by atoms with van der Waals surface area (Å²) in [5, 5.41) is 6.64. The van der Waals surface area contributed by atoms with E-state index in [0.29, 0.717) is 6.42 Å². The molecule has 1 aliphatic rings. The van der Waals surface area contributed by atoms with Gasteiger partial charge in [0.2, 0.25) is 0 Å². The number of carbonyl (C=O) groups is 1. The summed E-state index contributed by atoms with van der Waals surface area (Å²) in [6.07, 6.45) is 1.53. The van der Waals surface area contributed by atoms with Gasteiger partial charge in [0.25, 0.3) is 0 Å². The van der Waals surface area contributed by atoms with Crippen LogP contribution in [0.25, 0.3) is 10.1 Å². The quantitative estimate of drug-likeness (QED) is 0.730. The molecular weight excluding hydrogens is 278 g/mol. The molecule has 0 amide bonds. The predicted octanol–water partition coefficient (Wildman–Crippen LogP) is 4.29. The molecule has 0 unspecified atom stereocenters. The van der Waals surface area contributed by atoms with Gasteiger partial charge in [0, 0.05) is 28.9 Å². The average Bonchev–Trinajstić information content (AvgIpc) is 3.13. The largest absolute Gasteiger partial charge is 0.384 e. The smallest absolute Gasteiger partial charge is 0.167 e. The van der Waals surface area contributed by atoms with E-state index in [4.69, 9.17) is 0 Å². The fourth-order valence-electron chi connectivity index (χ4n) is 2.91. The molecule has 1 aliphatic heterocycles. The second-order valence-electron chi connectivity index (χ2n) is 5.41. The lowest BCUT2D eigenvalue weighted by atomic mass is 10.0. The van der Waals surface area contributed by atoms with Crippen molar-refractivity contribution in [3.63, 3.8) is 0 Å². The first-order valence-electron chi connectivity index (χ1n) is 7.16. The Balaban J connectivity index is 1.63. The molecule has 0 saturated heterocycles. The van der Waals surface area contributed by atoms with Gasteiger partial charge >= 0.3 is 0 Å². The number of benzene rings is 2. The number of nitrogens with one attached hydrogen (secondary N) is 1. The van der Waals surface area contributed by atoms with Crippen molar-refractivity contribution in [2.24, 2.45) is 0 Å². The van der Waals surface area contributed by atoms with Crippen molar-refractivity contribution in [3.8, 4) is 0 Å². The molecule has 0 aliphatic carbocycles. The Bertz CT molecular complexity index is 834. The molecule has 0 radical (unpaired) electrons. The maximum atomic E-state index is 12.5. The minimum absolute atomic E-state index is 0.190. The molecule has 0 bridgehead atoms.